The third-order valence-corrected chi connectivity index (χ3v) is 5.19. The van der Waals surface area contributed by atoms with E-state index in [0.717, 1.165) is 10.5 Å². The summed E-state index contributed by atoms with van der Waals surface area (Å²) >= 11 is 7.35. The topological polar surface area (TPSA) is 49.4 Å². The molecule has 0 spiro atoms. The summed E-state index contributed by atoms with van der Waals surface area (Å²) in [5.41, 5.74) is 0.963. The van der Waals surface area contributed by atoms with E-state index in [0.29, 0.717) is 18.1 Å². The van der Waals surface area contributed by atoms with Crippen LogP contribution in [0.3, 0.4) is 0 Å². The van der Waals surface area contributed by atoms with Gasteiger partial charge >= 0.3 is 0 Å². The Bertz CT molecular complexity index is 722. The Morgan fingerprint density at radius 1 is 1.12 bits per heavy atom. The zero-order chi connectivity index (χ0) is 18.9. The van der Waals surface area contributed by atoms with Gasteiger partial charge in [-0.1, -0.05) is 41.9 Å². The van der Waals surface area contributed by atoms with Crippen LogP contribution in [0.25, 0.3) is 0 Å². The van der Waals surface area contributed by atoms with E-state index in [9.17, 15) is 9.59 Å². The summed E-state index contributed by atoms with van der Waals surface area (Å²) in [6.07, 6.45) is 0. The molecule has 6 heteroatoms. The van der Waals surface area contributed by atoms with Gasteiger partial charge in [-0.05, 0) is 43.7 Å². The Morgan fingerprint density at radius 3 is 2.38 bits per heavy atom. The highest BCUT2D eigenvalue weighted by Crippen LogP contribution is 2.24. The van der Waals surface area contributed by atoms with E-state index in [4.69, 9.17) is 11.6 Å². The summed E-state index contributed by atoms with van der Waals surface area (Å²) in [4.78, 5) is 27.5. The van der Waals surface area contributed by atoms with Crippen LogP contribution in [0.1, 0.15) is 19.4 Å². The molecular weight excluding hydrogens is 368 g/mol. The first kappa shape index (κ1) is 20.3. The monoisotopic (exact) mass is 390 g/mol. The number of halogens is 1. The van der Waals surface area contributed by atoms with E-state index in [1.165, 1.54) is 11.8 Å². The van der Waals surface area contributed by atoms with E-state index in [2.05, 4.69) is 5.32 Å². The van der Waals surface area contributed by atoms with Gasteiger partial charge in [-0.2, -0.15) is 0 Å². The summed E-state index contributed by atoms with van der Waals surface area (Å²) in [7, 11) is 0. The van der Waals surface area contributed by atoms with E-state index in [1.54, 1.807) is 17.0 Å². The highest BCUT2D eigenvalue weighted by molar-refractivity contribution is 8.00. The van der Waals surface area contributed by atoms with Crippen molar-refractivity contribution in [2.75, 3.05) is 13.1 Å². The Hall–Kier alpha value is -1.98. The van der Waals surface area contributed by atoms with Crippen LogP contribution in [-0.4, -0.2) is 35.1 Å². The normalized spacial score (nSPS) is 11.7. The molecular formula is C20H23ClN2O2S. The molecule has 2 rings (SSSR count). The standard InChI is InChI=1S/C20H23ClN2O2S/c1-3-23(20(25)15(2)26-18-7-5-4-6-8-18)14-19(24)22-13-16-9-11-17(21)12-10-16/h4-12,15H,3,13-14H2,1-2H3,(H,22,24)/t15-/m1/s1. The number of likely N-dealkylation sites (N-methyl/N-ethyl adjacent to an activating group) is 1. The van der Waals surface area contributed by atoms with Gasteiger partial charge in [0.15, 0.2) is 0 Å². The number of carbonyl (C=O) groups excluding carboxylic acids is 2. The van der Waals surface area contributed by atoms with Gasteiger partial charge in [0.05, 0.1) is 11.8 Å². The first-order valence-electron chi connectivity index (χ1n) is 8.51. The maximum absolute atomic E-state index is 12.6. The molecule has 4 nitrogen and oxygen atoms in total. The zero-order valence-electron chi connectivity index (χ0n) is 14.9. The molecule has 2 amide bonds. The first-order chi connectivity index (χ1) is 12.5. The van der Waals surface area contributed by atoms with Crippen molar-refractivity contribution in [2.24, 2.45) is 0 Å². The predicted octanol–water partition coefficient (Wildman–Crippen LogP) is 3.99. The average Bonchev–Trinajstić information content (AvgIpc) is 2.66. The number of nitrogens with one attached hydrogen (secondary N) is 1. The molecule has 0 fully saturated rings. The van der Waals surface area contributed by atoms with Gasteiger partial charge in [-0.25, -0.2) is 0 Å². The van der Waals surface area contributed by atoms with Crippen LogP contribution in [0, 0.1) is 0 Å². The highest BCUT2D eigenvalue weighted by Gasteiger charge is 2.22. The molecule has 1 N–H and O–H groups in total. The summed E-state index contributed by atoms with van der Waals surface area (Å²) in [6.45, 7) is 4.71. The minimum atomic E-state index is -0.249. The summed E-state index contributed by atoms with van der Waals surface area (Å²) < 4.78 is 0. The van der Waals surface area contributed by atoms with E-state index < -0.39 is 0 Å². The minimum absolute atomic E-state index is 0.0389. The lowest BCUT2D eigenvalue weighted by Gasteiger charge is -2.23. The van der Waals surface area contributed by atoms with Crippen molar-refractivity contribution < 1.29 is 9.59 Å². The molecule has 0 radical (unpaired) electrons. The summed E-state index contributed by atoms with van der Waals surface area (Å²) in [5.74, 6) is -0.213. The van der Waals surface area contributed by atoms with Crippen LogP contribution in [0.5, 0.6) is 0 Å². The van der Waals surface area contributed by atoms with Gasteiger partial charge < -0.3 is 10.2 Å². The van der Waals surface area contributed by atoms with Gasteiger partial charge in [-0.15, -0.1) is 11.8 Å². The number of benzene rings is 2. The molecule has 26 heavy (non-hydrogen) atoms. The number of hydrogen-bond acceptors (Lipinski definition) is 3. The Balaban J connectivity index is 1.85. The third kappa shape index (κ3) is 6.39. The van der Waals surface area contributed by atoms with Gasteiger partial charge in [0.25, 0.3) is 0 Å². The van der Waals surface area contributed by atoms with Crippen LogP contribution in [0.2, 0.25) is 5.02 Å². The van der Waals surface area contributed by atoms with Crippen molar-refractivity contribution in [1.82, 2.24) is 10.2 Å². The van der Waals surface area contributed by atoms with Crippen molar-refractivity contribution in [3.05, 3.63) is 65.2 Å². The van der Waals surface area contributed by atoms with E-state index in [1.807, 2.05) is 56.3 Å². The smallest absolute Gasteiger partial charge is 0.239 e. The number of rotatable bonds is 8. The van der Waals surface area contributed by atoms with E-state index in [-0.39, 0.29) is 23.6 Å². The van der Waals surface area contributed by atoms with E-state index >= 15 is 0 Å². The van der Waals surface area contributed by atoms with Crippen LogP contribution in [0.4, 0.5) is 0 Å². The SMILES string of the molecule is CCN(CC(=O)NCc1ccc(Cl)cc1)C(=O)[C@@H](C)Sc1ccccc1. The molecule has 2 aromatic rings. The van der Waals surface area contributed by atoms with Gasteiger partial charge in [0.2, 0.25) is 11.8 Å². The lowest BCUT2D eigenvalue weighted by molar-refractivity contribution is -0.135. The second-order valence-corrected chi connectivity index (χ2v) is 7.68. The zero-order valence-corrected chi connectivity index (χ0v) is 16.5. The minimum Gasteiger partial charge on any atom is -0.350 e. The quantitative estimate of drug-likeness (QED) is 0.693. The Labute approximate surface area is 163 Å². The van der Waals surface area contributed by atoms with Crippen molar-refractivity contribution in [3.8, 4) is 0 Å². The van der Waals surface area contributed by atoms with Crippen LogP contribution >= 0.6 is 23.4 Å². The molecule has 0 aromatic heterocycles. The number of carbonyl (C=O) groups is 2. The molecule has 2 aromatic carbocycles. The van der Waals surface area contributed by atoms with Crippen molar-refractivity contribution >= 4 is 35.2 Å². The summed E-state index contributed by atoms with van der Waals surface area (Å²) in [6, 6.07) is 17.1. The molecule has 0 aliphatic heterocycles. The predicted molar refractivity (Wildman–Crippen MR) is 107 cm³/mol. The third-order valence-electron chi connectivity index (χ3n) is 3.83. The molecule has 0 aliphatic rings. The second-order valence-electron chi connectivity index (χ2n) is 5.83. The highest BCUT2D eigenvalue weighted by atomic mass is 35.5. The summed E-state index contributed by atoms with van der Waals surface area (Å²) in [5, 5.41) is 3.26. The van der Waals surface area contributed by atoms with Crippen LogP contribution < -0.4 is 5.32 Å². The molecule has 0 bridgehead atoms. The largest absolute Gasteiger partial charge is 0.350 e. The van der Waals surface area contributed by atoms with Crippen molar-refractivity contribution in [2.45, 2.75) is 30.5 Å². The maximum Gasteiger partial charge on any atom is 0.239 e. The van der Waals surface area contributed by atoms with Gasteiger partial charge in [-0.3, -0.25) is 9.59 Å². The fourth-order valence-corrected chi connectivity index (χ4v) is 3.49. The fraction of sp³-hybridized carbons (Fsp3) is 0.300. The first-order valence-corrected chi connectivity index (χ1v) is 9.77. The second kappa shape index (κ2) is 10.2. The molecule has 0 unspecified atom stereocenters. The van der Waals surface area contributed by atoms with Crippen molar-refractivity contribution in [3.63, 3.8) is 0 Å². The van der Waals surface area contributed by atoms with Gasteiger partial charge in [0.1, 0.15) is 0 Å². The van der Waals surface area contributed by atoms with Crippen LogP contribution in [0.15, 0.2) is 59.5 Å². The number of amides is 2. The molecule has 0 aliphatic carbocycles. The molecule has 0 saturated carbocycles. The number of thioether (sulfide) groups is 1. The lowest BCUT2D eigenvalue weighted by Crippen LogP contribution is -2.43. The molecule has 0 heterocycles. The lowest BCUT2D eigenvalue weighted by atomic mass is 10.2. The van der Waals surface area contributed by atoms with Crippen LogP contribution in [-0.2, 0) is 16.1 Å². The maximum atomic E-state index is 12.6. The molecule has 138 valence electrons. The van der Waals surface area contributed by atoms with Gasteiger partial charge in [0, 0.05) is 23.0 Å². The Kier molecular flexibility index (Phi) is 8.01. The molecule has 1 atom stereocenters. The molecule has 0 saturated heterocycles. The average molecular weight is 391 g/mol. The fourth-order valence-electron chi connectivity index (χ4n) is 2.39. The van der Waals surface area contributed by atoms with Crippen molar-refractivity contribution in [1.29, 1.82) is 0 Å². The number of nitrogens with zero attached hydrogens (tertiary/aromatic N) is 1. The Morgan fingerprint density at radius 2 is 1.77 bits per heavy atom. The number of hydrogen-bond donors (Lipinski definition) is 1.